The van der Waals surface area contributed by atoms with Gasteiger partial charge >= 0.3 is 0 Å². The fourth-order valence-electron chi connectivity index (χ4n) is 2.04. The van der Waals surface area contributed by atoms with Crippen molar-refractivity contribution in [2.45, 2.75) is 10.6 Å². The van der Waals surface area contributed by atoms with Gasteiger partial charge in [0.1, 0.15) is 0 Å². The van der Waals surface area contributed by atoms with Crippen LogP contribution >= 0.6 is 11.8 Å². The van der Waals surface area contributed by atoms with E-state index in [9.17, 15) is 9.59 Å². The van der Waals surface area contributed by atoms with Crippen LogP contribution in [0.3, 0.4) is 0 Å². The summed E-state index contributed by atoms with van der Waals surface area (Å²) >= 11 is 1.57. The van der Waals surface area contributed by atoms with Gasteiger partial charge in [-0.1, -0.05) is 36.4 Å². The molecule has 0 spiro atoms. The van der Waals surface area contributed by atoms with Crippen LogP contribution in [0.2, 0.25) is 0 Å². The highest BCUT2D eigenvalue weighted by Gasteiger charge is 2.29. The number of benzene rings is 2. The van der Waals surface area contributed by atoms with Crippen molar-refractivity contribution < 1.29 is 9.59 Å². The predicted octanol–water partition coefficient (Wildman–Crippen LogP) is 2.86. The molecule has 2 aromatic rings. The van der Waals surface area contributed by atoms with Crippen molar-refractivity contribution in [2.24, 2.45) is 0 Å². The van der Waals surface area contributed by atoms with Gasteiger partial charge in [0.15, 0.2) is 0 Å². The summed E-state index contributed by atoms with van der Waals surface area (Å²) in [5.41, 5.74) is 2.17. The van der Waals surface area contributed by atoms with E-state index in [-0.39, 0.29) is 11.8 Å². The Hall–Kier alpha value is -2.07. The molecule has 0 aromatic heterocycles. The minimum Gasteiger partial charge on any atom is -0.288 e. The molecule has 0 radical (unpaired) electrons. The van der Waals surface area contributed by atoms with Crippen LogP contribution in [-0.4, -0.2) is 11.8 Å². The van der Waals surface area contributed by atoms with Crippen LogP contribution in [0.4, 0.5) is 0 Å². The number of nitrogens with one attached hydrogen (secondary N) is 1. The van der Waals surface area contributed by atoms with E-state index in [2.05, 4.69) is 5.32 Å². The van der Waals surface area contributed by atoms with Gasteiger partial charge < -0.3 is 0 Å². The lowest BCUT2D eigenvalue weighted by atomic mass is 10.1. The van der Waals surface area contributed by atoms with Crippen LogP contribution in [-0.2, 0) is 5.75 Å². The Balaban J connectivity index is 1.87. The maximum absolute atomic E-state index is 11.8. The lowest BCUT2D eigenvalue weighted by molar-refractivity contribution is 0.0879. The lowest BCUT2D eigenvalue weighted by Gasteiger charge is -2.05. The van der Waals surface area contributed by atoms with Crippen molar-refractivity contribution in [3.63, 3.8) is 0 Å². The Morgan fingerprint density at radius 1 is 0.895 bits per heavy atom. The van der Waals surface area contributed by atoms with E-state index in [0.29, 0.717) is 11.1 Å². The Labute approximate surface area is 115 Å². The SMILES string of the molecule is O=C1NC(=O)c2c(SCc3ccccc3)cccc21. The second-order valence-electron chi connectivity index (χ2n) is 4.24. The van der Waals surface area contributed by atoms with E-state index in [1.54, 1.807) is 17.8 Å². The van der Waals surface area contributed by atoms with Crippen LogP contribution in [0.15, 0.2) is 53.4 Å². The maximum Gasteiger partial charge on any atom is 0.260 e. The zero-order chi connectivity index (χ0) is 13.2. The normalized spacial score (nSPS) is 13.3. The third-order valence-corrected chi connectivity index (χ3v) is 4.09. The second-order valence-corrected chi connectivity index (χ2v) is 5.25. The van der Waals surface area contributed by atoms with Gasteiger partial charge in [0, 0.05) is 10.6 Å². The van der Waals surface area contributed by atoms with E-state index in [1.807, 2.05) is 42.5 Å². The molecule has 94 valence electrons. The Kier molecular flexibility index (Phi) is 3.09. The van der Waals surface area contributed by atoms with Crippen LogP contribution in [0.5, 0.6) is 0 Å². The van der Waals surface area contributed by atoms with E-state index < -0.39 is 0 Å². The first kappa shape index (κ1) is 12.0. The van der Waals surface area contributed by atoms with Crippen molar-refractivity contribution in [1.82, 2.24) is 5.32 Å². The number of carbonyl (C=O) groups is 2. The van der Waals surface area contributed by atoms with Crippen LogP contribution in [0.1, 0.15) is 26.3 Å². The molecule has 1 N–H and O–H groups in total. The van der Waals surface area contributed by atoms with Crippen molar-refractivity contribution in [3.8, 4) is 0 Å². The summed E-state index contributed by atoms with van der Waals surface area (Å²) in [6.07, 6.45) is 0. The third-order valence-electron chi connectivity index (χ3n) is 2.96. The van der Waals surface area contributed by atoms with Gasteiger partial charge in [-0.15, -0.1) is 11.8 Å². The topological polar surface area (TPSA) is 46.2 Å². The van der Waals surface area contributed by atoms with Crippen molar-refractivity contribution in [3.05, 3.63) is 65.2 Å². The summed E-state index contributed by atoms with van der Waals surface area (Å²) in [6.45, 7) is 0. The number of hydrogen-bond donors (Lipinski definition) is 1. The van der Waals surface area contributed by atoms with Gasteiger partial charge in [-0.2, -0.15) is 0 Å². The first-order valence-electron chi connectivity index (χ1n) is 5.91. The molecule has 1 aliphatic heterocycles. The fourth-order valence-corrected chi connectivity index (χ4v) is 3.08. The van der Waals surface area contributed by atoms with Gasteiger partial charge in [-0.3, -0.25) is 14.9 Å². The first-order valence-corrected chi connectivity index (χ1v) is 6.89. The second kappa shape index (κ2) is 4.90. The molecule has 2 amide bonds. The fraction of sp³-hybridized carbons (Fsp3) is 0.0667. The van der Waals surface area contributed by atoms with Gasteiger partial charge in [0.05, 0.1) is 11.1 Å². The molecule has 4 heteroatoms. The molecule has 0 saturated carbocycles. The van der Waals surface area contributed by atoms with Crippen molar-refractivity contribution >= 4 is 23.6 Å². The van der Waals surface area contributed by atoms with Gasteiger partial charge in [0.2, 0.25) is 0 Å². The van der Waals surface area contributed by atoms with Crippen molar-refractivity contribution in [1.29, 1.82) is 0 Å². The zero-order valence-corrected chi connectivity index (χ0v) is 10.9. The molecule has 3 rings (SSSR count). The summed E-state index contributed by atoms with van der Waals surface area (Å²) < 4.78 is 0. The Morgan fingerprint density at radius 2 is 1.68 bits per heavy atom. The molecular weight excluding hydrogens is 258 g/mol. The molecule has 19 heavy (non-hydrogen) atoms. The summed E-state index contributed by atoms with van der Waals surface area (Å²) in [5, 5.41) is 2.33. The molecule has 1 heterocycles. The largest absolute Gasteiger partial charge is 0.288 e. The molecule has 0 bridgehead atoms. The molecule has 0 fully saturated rings. The molecule has 2 aromatic carbocycles. The Bertz CT molecular complexity index is 652. The smallest absolute Gasteiger partial charge is 0.260 e. The number of imide groups is 1. The molecule has 1 aliphatic rings. The number of fused-ring (bicyclic) bond motifs is 1. The van der Waals surface area contributed by atoms with Crippen LogP contribution < -0.4 is 5.32 Å². The number of thioether (sulfide) groups is 1. The summed E-state index contributed by atoms with van der Waals surface area (Å²) in [6, 6.07) is 15.4. The molecule has 0 aliphatic carbocycles. The van der Waals surface area contributed by atoms with Crippen LogP contribution in [0.25, 0.3) is 0 Å². The average Bonchev–Trinajstić information content (AvgIpc) is 2.74. The van der Waals surface area contributed by atoms with Gasteiger partial charge in [-0.05, 0) is 17.7 Å². The van der Waals surface area contributed by atoms with E-state index in [0.717, 1.165) is 10.6 Å². The minimum atomic E-state index is -0.304. The first-order chi connectivity index (χ1) is 9.25. The van der Waals surface area contributed by atoms with E-state index >= 15 is 0 Å². The maximum atomic E-state index is 11.8. The summed E-state index contributed by atoms with van der Waals surface area (Å²) in [7, 11) is 0. The third kappa shape index (κ3) is 2.27. The average molecular weight is 269 g/mol. The monoisotopic (exact) mass is 269 g/mol. The summed E-state index contributed by atoms with van der Waals surface area (Å²) in [5.74, 6) is 0.178. The molecule has 0 unspecified atom stereocenters. The van der Waals surface area contributed by atoms with Gasteiger partial charge in [-0.25, -0.2) is 0 Å². The lowest BCUT2D eigenvalue weighted by Crippen LogP contribution is -2.20. The number of hydrogen-bond acceptors (Lipinski definition) is 3. The zero-order valence-electron chi connectivity index (χ0n) is 10.1. The quantitative estimate of drug-likeness (QED) is 0.688. The highest BCUT2D eigenvalue weighted by molar-refractivity contribution is 7.98. The molecule has 0 atom stereocenters. The highest BCUT2D eigenvalue weighted by atomic mass is 32.2. The van der Waals surface area contributed by atoms with E-state index in [4.69, 9.17) is 0 Å². The molecular formula is C15H11NO2S. The predicted molar refractivity (Wildman–Crippen MR) is 74.2 cm³/mol. The highest BCUT2D eigenvalue weighted by Crippen LogP contribution is 2.30. The summed E-state index contributed by atoms with van der Waals surface area (Å²) in [4.78, 5) is 24.2. The Morgan fingerprint density at radius 3 is 2.47 bits per heavy atom. The van der Waals surface area contributed by atoms with E-state index in [1.165, 1.54) is 5.56 Å². The number of rotatable bonds is 3. The standard InChI is InChI=1S/C15H11NO2S/c17-14-11-7-4-8-12(13(11)15(18)16-14)19-9-10-5-2-1-3-6-10/h1-8H,9H2,(H,16,17,18). The molecule has 0 saturated heterocycles. The number of carbonyl (C=O) groups excluding carboxylic acids is 2. The van der Waals surface area contributed by atoms with Crippen molar-refractivity contribution in [2.75, 3.05) is 0 Å². The molecule has 3 nitrogen and oxygen atoms in total. The minimum absolute atomic E-state index is 0.295. The van der Waals surface area contributed by atoms with Crippen LogP contribution in [0, 0.1) is 0 Å². The number of amides is 2. The van der Waals surface area contributed by atoms with Gasteiger partial charge in [0.25, 0.3) is 11.8 Å².